The van der Waals surface area contributed by atoms with Crippen molar-refractivity contribution in [1.29, 1.82) is 0 Å². The Kier molecular flexibility index (Phi) is 19.3. The van der Waals surface area contributed by atoms with Crippen molar-refractivity contribution < 1.29 is 14.6 Å². The quantitative estimate of drug-likeness (QED) is 0.103. The van der Waals surface area contributed by atoms with Crippen LogP contribution in [0, 0.1) is 0 Å². The van der Waals surface area contributed by atoms with Gasteiger partial charge in [-0.15, -0.1) is 0 Å². The Hall–Kier alpha value is -0.830. The van der Waals surface area contributed by atoms with E-state index in [1.807, 2.05) is 0 Å². The zero-order valence-corrected chi connectivity index (χ0v) is 18.3. The second kappa shape index (κ2) is 19.9. The highest BCUT2D eigenvalue weighted by Crippen LogP contribution is 2.14. The van der Waals surface area contributed by atoms with E-state index in [0.29, 0.717) is 12.0 Å². The summed E-state index contributed by atoms with van der Waals surface area (Å²) in [5, 5.41) is 9.61. The molecule has 0 aliphatic heterocycles. The Morgan fingerprint density at radius 3 is 1.41 bits per heavy atom. The molecule has 0 saturated carbocycles. The molecule has 1 N–H and O–H groups in total. The SMILES string of the molecule is C=C(C)C(=O)OC(O)CCCCCCCCCCCCCCCCCCC. The lowest BCUT2D eigenvalue weighted by Crippen LogP contribution is -2.17. The number of rotatable bonds is 20. The smallest absolute Gasteiger partial charge is 0.335 e. The van der Waals surface area contributed by atoms with Gasteiger partial charge in [0.1, 0.15) is 0 Å². The predicted molar refractivity (Wildman–Crippen MR) is 116 cm³/mol. The first-order chi connectivity index (χ1) is 13.1. The number of esters is 1. The summed E-state index contributed by atoms with van der Waals surface area (Å²) in [5.74, 6) is -0.505. The van der Waals surface area contributed by atoms with Crippen molar-refractivity contribution in [3.8, 4) is 0 Å². The fourth-order valence-electron chi connectivity index (χ4n) is 3.33. The van der Waals surface area contributed by atoms with E-state index in [1.165, 1.54) is 96.3 Å². The normalized spacial score (nSPS) is 12.1. The first kappa shape index (κ1) is 26.2. The van der Waals surface area contributed by atoms with Gasteiger partial charge in [0, 0.05) is 12.0 Å². The number of ether oxygens (including phenoxy) is 1. The molecule has 0 amide bonds. The zero-order valence-electron chi connectivity index (χ0n) is 18.3. The molecule has 0 aliphatic rings. The monoisotopic (exact) mass is 382 g/mol. The van der Waals surface area contributed by atoms with Crippen LogP contribution in [0.4, 0.5) is 0 Å². The average molecular weight is 383 g/mol. The maximum Gasteiger partial charge on any atom is 0.335 e. The third-order valence-corrected chi connectivity index (χ3v) is 5.15. The Labute approximate surface area is 169 Å². The zero-order chi connectivity index (χ0) is 20.2. The first-order valence-electron chi connectivity index (χ1n) is 11.6. The number of carbonyl (C=O) groups excluding carboxylic acids is 1. The van der Waals surface area contributed by atoms with E-state index in [2.05, 4.69) is 13.5 Å². The van der Waals surface area contributed by atoms with Crippen molar-refractivity contribution in [3.05, 3.63) is 12.2 Å². The third-order valence-electron chi connectivity index (χ3n) is 5.15. The van der Waals surface area contributed by atoms with E-state index in [-0.39, 0.29) is 0 Å². The van der Waals surface area contributed by atoms with Crippen molar-refractivity contribution in [2.45, 2.75) is 136 Å². The number of carbonyl (C=O) groups is 1. The molecule has 3 nitrogen and oxygen atoms in total. The molecular formula is C24H46O3. The van der Waals surface area contributed by atoms with Gasteiger partial charge < -0.3 is 9.84 Å². The summed E-state index contributed by atoms with van der Waals surface area (Å²) in [6.07, 6.45) is 22.3. The van der Waals surface area contributed by atoms with E-state index in [0.717, 1.165) is 12.8 Å². The van der Waals surface area contributed by atoms with Crippen LogP contribution in [0.1, 0.15) is 129 Å². The maximum atomic E-state index is 11.3. The summed E-state index contributed by atoms with van der Waals surface area (Å²) in [6.45, 7) is 7.37. The van der Waals surface area contributed by atoms with Crippen LogP contribution in [0.3, 0.4) is 0 Å². The van der Waals surface area contributed by atoms with Gasteiger partial charge in [0.05, 0.1) is 0 Å². The van der Waals surface area contributed by atoms with E-state index in [4.69, 9.17) is 4.74 Å². The molecule has 0 bridgehead atoms. The minimum absolute atomic E-state index is 0.330. The summed E-state index contributed by atoms with van der Waals surface area (Å²) in [6, 6.07) is 0. The average Bonchev–Trinajstić information content (AvgIpc) is 2.64. The van der Waals surface area contributed by atoms with E-state index >= 15 is 0 Å². The molecule has 0 saturated heterocycles. The lowest BCUT2D eigenvalue weighted by Gasteiger charge is -2.11. The Bertz CT molecular complexity index is 352. The molecule has 0 radical (unpaired) electrons. The van der Waals surface area contributed by atoms with Gasteiger partial charge in [0.25, 0.3) is 0 Å². The standard InChI is InChI=1S/C24H46O3/c1-4-5-6-7-8-9-10-11-12-13-14-15-16-17-18-19-20-21-23(25)27-24(26)22(2)3/h23,25H,2,4-21H2,1,3H3. The second-order valence-electron chi connectivity index (χ2n) is 8.09. The summed E-state index contributed by atoms with van der Waals surface area (Å²) in [4.78, 5) is 11.3. The highest BCUT2D eigenvalue weighted by Gasteiger charge is 2.10. The molecular weight excluding hydrogens is 336 g/mol. The molecule has 0 rings (SSSR count). The molecule has 0 aromatic heterocycles. The predicted octanol–water partition coefficient (Wildman–Crippen LogP) is 7.47. The van der Waals surface area contributed by atoms with Gasteiger partial charge in [-0.1, -0.05) is 116 Å². The van der Waals surface area contributed by atoms with Crippen LogP contribution in [-0.4, -0.2) is 17.4 Å². The largest absolute Gasteiger partial charge is 0.433 e. The Balaban J connectivity index is 3.17. The summed E-state index contributed by atoms with van der Waals surface area (Å²) in [5.41, 5.74) is 0.330. The van der Waals surface area contributed by atoms with Crippen molar-refractivity contribution in [3.63, 3.8) is 0 Å². The highest BCUT2D eigenvalue weighted by molar-refractivity contribution is 5.86. The van der Waals surface area contributed by atoms with Gasteiger partial charge in [-0.3, -0.25) is 0 Å². The Morgan fingerprint density at radius 1 is 0.741 bits per heavy atom. The molecule has 0 aromatic rings. The molecule has 27 heavy (non-hydrogen) atoms. The summed E-state index contributed by atoms with van der Waals surface area (Å²) >= 11 is 0. The van der Waals surface area contributed by atoms with Crippen molar-refractivity contribution in [2.75, 3.05) is 0 Å². The lowest BCUT2D eigenvalue weighted by molar-refractivity contribution is -0.163. The fourth-order valence-corrected chi connectivity index (χ4v) is 3.33. The van der Waals surface area contributed by atoms with Gasteiger partial charge in [0.15, 0.2) is 0 Å². The fraction of sp³-hybridized carbons (Fsp3) is 0.875. The number of aliphatic hydroxyl groups excluding tert-OH is 1. The third kappa shape index (κ3) is 19.7. The molecule has 1 atom stereocenters. The molecule has 0 fully saturated rings. The number of aliphatic hydroxyl groups is 1. The number of hydrogen-bond acceptors (Lipinski definition) is 3. The molecule has 160 valence electrons. The molecule has 0 heterocycles. The minimum Gasteiger partial charge on any atom is -0.433 e. The molecule has 1 unspecified atom stereocenters. The topological polar surface area (TPSA) is 46.5 Å². The second-order valence-corrected chi connectivity index (χ2v) is 8.09. The van der Waals surface area contributed by atoms with Crippen molar-refractivity contribution >= 4 is 5.97 Å². The van der Waals surface area contributed by atoms with Gasteiger partial charge in [-0.05, 0) is 13.3 Å². The van der Waals surface area contributed by atoms with Crippen LogP contribution in [0.25, 0.3) is 0 Å². The minimum atomic E-state index is -0.981. The van der Waals surface area contributed by atoms with Crippen LogP contribution >= 0.6 is 0 Å². The van der Waals surface area contributed by atoms with Crippen LogP contribution in [0.2, 0.25) is 0 Å². The van der Waals surface area contributed by atoms with Crippen LogP contribution in [0.15, 0.2) is 12.2 Å². The summed E-state index contributed by atoms with van der Waals surface area (Å²) in [7, 11) is 0. The highest BCUT2D eigenvalue weighted by atomic mass is 16.6. The Morgan fingerprint density at radius 2 is 1.07 bits per heavy atom. The van der Waals surface area contributed by atoms with E-state index in [9.17, 15) is 9.90 Å². The van der Waals surface area contributed by atoms with Gasteiger partial charge >= 0.3 is 5.97 Å². The molecule has 3 heteroatoms. The van der Waals surface area contributed by atoms with E-state index < -0.39 is 12.3 Å². The molecule has 0 aromatic carbocycles. The van der Waals surface area contributed by atoms with Crippen LogP contribution in [0.5, 0.6) is 0 Å². The number of unbranched alkanes of at least 4 members (excludes halogenated alkanes) is 16. The van der Waals surface area contributed by atoms with Gasteiger partial charge in [-0.2, -0.15) is 0 Å². The maximum absolute atomic E-state index is 11.3. The van der Waals surface area contributed by atoms with Gasteiger partial charge in [0.2, 0.25) is 6.29 Å². The summed E-state index contributed by atoms with van der Waals surface area (Å²) < 4.78 is 4.86. The van der Waals surface area contributed by atoms with E-state index in [1.54, 1.807) is 6.92 Å². The molecule has 0 spiro atoms. The lowest BCUT2D eigenvalue weighted by atomic mass is 10.0. The number of hydrogen-bond donors (Lipinski definition) is 1. The molecule has 0 aliphatic carbocycles. The van der Waals surface area contributed by atoms with Crippen molar-refractivity contribution in [1.82, 2.24) is 0 Å². The van der Waals surface area contributed by atoms with Gasteiger partial charge in [-0.25, -0.2) is 4.79 Å². The van der Waals surface area contributed by atoms with Crippen LogP contribution < -0.4 is 0 Å². The van der Waals surface area contributed by atoms with Crippen LogP contribution in [-0.2, 0) is 9.53 Å². The van der Waals surface area contributed by atoms with Crippen molar-refractivity contribution in [2.24, 2.45) is 0 Å². The first-order valence-corrected chi connectivity index (χ1v) is 11.6.